The molecule has 4 atom stereocenters. The number of hydrogen-bond donors (Lipinski definition) is 0. The van der Waals surface area contributed by atoms with Crippen molar-refractivity contribution in [1.82, 2.24) is 0 Å². The monoisotopic (exact) mass is 264 g/mol. The molecule has 19 heavy (non-hydrogen) atoms. The van der Waals surface area contributed by atoms with Crippen LogP contribution in [0.5, 0.6) is 0 Å². The molecule has 4 nitrogen and oxygen atoms in total. The molecule has 3 heterocycles. The third-order valence-corrected chi connectivity index (χ3v) is 5.40. The first-order valence-corrected chi connectivity index (χ1v) is 7.54. The molecule has 3 saturated heterocycles. The van der Waals surface area contributed by atoms with Crippen molar-refractivity contribution in [3.8, 4) is 0 Å². The Bertz CT molecular complexity index is 424. The van der Waals surface area contributed by atoms with Crippen LogP contribution in [0.3, 0.4) is 0 Å². The molecule has 0 radical (unpaired) electrons. The van der Waals surface area contributed by atoms with Crippen LogP contribution >= 0.6 is 0 Å². The van der Waals surface area contributed by atoms with E-state index in [0.717, 1.165) is 32.5 Å². The highest BCUT2D eigenvalue weighted by Crippen LogP contribution is 2.49. The SMILES string of the molecule is C1=C(C2OCC3(CCC4OC4C3)CO2)CC2OC2C1. The summed E-state index contributed by atoms with van der Waals surface area (Å²) in [6, 6.07) is 0. The zero-order valence-electron chi connectivity index (χ0n) is 11.0. The van der Waals surface area contributed by atoms with E-state index in [1.54, 1.807) is 0 Å². The summed E-state index contributed by atoms with van der Waals surface area (Å²) in [5.41, 5.74) is 1.52. The van der Waals surface area contributed by atoms with Gasteiger partial charge in [-0.3, -0.25) is 0 Å². The Hall–Kier alpha value is -0.420. The summed E-state index contributed by atoms with van der Waals surface area (Å²) in [6.07, 6.45) is 9.64. The summed E-state index contributed by atoms with van der Waals surface area (Å²) >= 11 is 0. The fourth-order valence-corrected chi connectivity index (χ4v) is 4.00. The van der Waals surface area contributed by atoms with Crippen molar-refractivity contribution in [1.29, 1.82) is 0 Å². The maximum Gasteiger partial charge on any atom is 0.179 e. The largest absolute Gasteiger partial charge is 0.370 e. The van der Waals surface area contributed by atoms with Gasteiger partial charge in [-0.05, 0) is 31.3 Å². The number of epoxide rings is 2. The molecule has 0 N–H and O–H groups in total. The molecule has 5 rings (SSSR count). The Balaban J connectivity index is 1.24. The molecule has 0 aromatic rings. The van der Waals surface area contributed by atoms with Crippen molar-refractivity contribution in [2.24, 2.45) is 5.41 Å². The molecular formula is C15H20O4. The normalized spacial score (nSPS) is 55.2. The molecule has 0 bridgehead atoms. The van der Waals surface area contributed by atoms with Crippen LogP contribution in [-0.2, 0) is 18.9 Å². The molecule has 2 aliphatic carbocycles. The second-order valence-corrected chi connectivity index (χ2v) is 6.84. The van der Waals surface area contributed by atoms with E-state index in [4.69, 9.17) is 18.9 Å². The molecule has 0 amide bonds. The molecular weight excluding hydrogens is 244 g/mol. The number of ether oxygens (including phenoxy) is 4. The lowest BCUT2D eigenvalue weighted by Crippen LogP contribution is -2.45. The van der Waals surface area contributed by atoms with Crippen molar-refractivity contribution < 1.29 is 18.9 Å². The summed E-state index contributed by atoms with van der Waals surface area (Å²) in [6.45, 7) is 1.66. The van der Waals surface area contributed by atoms with Gasteiger partial charge < -0.3 is 18.9 Å². The molecule has 1 saturated carbocycles. The minimum atomic E-state index is -0.117. The molecule has 0 aromatic carbocycles. The van der Waals surface area contributed by atoms with Crippen LogP contribution in [0.25, 0.3) is 0 Å². The van der Waals surface area contributed by atoms with Crippen LogP contribution < -0.4 is 0 Å². The molecule has 0 aromatic heterocycles. The molecule has 4 heteroatoms. The van der Waals surface area contributed by atoms with Crippen LogP contribution in [0.2, 0.25) is 0 Å². The second-order valence-electron chi connectivity index (χ2n) is 6.84. The van der Waals surface area contributed by atoms with Gasteiger partial charge in [0.25, 0.3) is 0 Å². The summed E-state index contributed by atoms with van der Waals surface area (Å²) in [7, 11) is 0. The van der Waals surface area contributed by atoms with Gasteiger partial charge in [0, 0.05) is 11.8 Å². The Kier molecular flexibility index (Phi) is 2.26. The molecule has 4 fully saturated rings. The third kappa shape index (κ3) is 1.88. The zero-order chi connectivity index (χ0) is 12.4. The van der Waals surface area contributed by atoms with Gasteiger partial charge in [-0.2, -0.15) is 0 Å². The molecule has 104 valence electrons. The van der Waals surface area contributed by atoms with Gasteiger partial charge >= 0.3 is 0 Å². The molecule has 3 aliphatic heterocycles. The minimum Gasteiger partial charge on any atom is -0.370 e. The first-order chi connectivity index (χ1) is 9.31. The minimum absolute atomic E-state index is 0.117. The van der Waals surface area contributed by atoms with Gasteiger partial charge in [0.15, 0.2) is 6.29 Å². The van der Waals surface area contributed by atoms with E-state index in [0.29, 0.717) is 24.4 Å². The molecule has 4 unspecified atom stereocenters. The van der Waals surface area contributed by atoms with Crippen molar-refractivity contribution in [2.45, 2.75) is 62.8 Å². The standard InChI is InChI=1S/C15H20O4/c1-2-10-12(18-10)5-9(1)14-16-7-15(8-17-14)4-3-11-13(6-15)19-11/h1,10-14H,2-8H2. The lowest BCUT2D eigenvalue weighted by Gasteiger charge is -2.42. The fraction of sp³-hybridized carbons (Fsp3) is 0.867. The van der Waals surface area contributed by atoms with Crippen LogP contribution in [0.4, 0.5) is 0 Å². The highest BCUT2D eigenvalue weighted by atomic mass is 16.7. The van der Waals surface area contributed by atoms with E-state index in [2.05, 4.69) is 6.08 Å². The quantitative estimate of drug-likeness (QED) is 0.535. The van der Waals surface area contributed by atoms with Gasteiger partial charge in [0.05, 0.1) is 37.6 Å². The predicted octanol–water partition coefficient (Wildman–Crippen LogP) is 1.78. The van der Waals surface area contributed by atoms with E-state index in [9.17, 15) is 0 Å². The second kappa shape index (κ2) is 3.82. The number of rotatable bonds is 1. The van der Waals surface area contributed by atoms with Crippen molar-refractivity contribution in [3.05, 3.63) is 11.6 Å². The molecule has 5 aliphatic rings. The smallest absolute Gasteiger partial charge is 0.179 e. The first-order valence-electron chi connectivity index (χ1n) is 7.54. The summed E-state index contributed by atoms with van der Waals surface area (Å²) < 4.78 is 23.3. The Labute approximate surface area is 113 Å². The van der Waals surface area contributed by atoms with Crippen LogP contribution in [0.15, 0.2) is 11.6 Å². The Morgan fingerprint density at radius 2 is 1.84 bits per heavy atom. The van der Waals surface area contributed by atoms with E-state index in [1.807, 2.05) is 0 Å². The average Bonchev–Trinajstić information content (AvgIpc) is 3.33. The van der Waals surface area contributed by atoms with Crippen molar-refractivity contribution in [3.63, 3.8) is 0 Å². The van der Waals surface area contributed by atoms with Crippen LogP contribution in [0.1, 0.15) is 32.1 Å². The van der Waals surface area contributed by atoms with Crippen molar-refractivity contribution in [2.75, 3.05) is 13.2 Å². The topological polar surface area (TPSA) is 43.5 Å². The highest BCUT2D eigenvalue weighted by molar-refractivity contribution is 5.17. The van der Waals surface area contributed by atoms with E-state index in [-0.39, 0.29) is 11.7 Å². The third-order valence-electron chi connectivity index (χ3n) is 5.40. The Morgan fingerprint density at radius 3 is 2.63 bits per heavy atom. The first kappa shape index (κ1) is 11.3. The van der Waals surface area contributed by atoms with E-state index < -0.39 is 0 Å². The van der Waals surface area contributed by atoms with Crippen molar-refractivity contribution >= 4 is 0 Å². The summed E-state index contributed by atoms with van der Waals surface area (Å²) in [5.74, 6) is 0. The van der Waals surface area contributed by atoms with Gasteiger partial charge in [-0.25, -0.2) is 0 Å². The van der Waals surface area contributed by atoms with Gasteiger partial charge in [0.2, 0.25) is 0 Å². The van der Waals surface area contributed by atoms with Gasteiger partial charge in [-0.15, -0.1) is 0 Å². The number of fused-ring (bicyclic) bond motifs is 2. The summed E-state index contributed by atoms with van der Waals surface area (Å²) in [5, 5.41) is 0. The zero-order valence-corrected chi connectivity index (χ0v) is 11.0. The predicted molar refractivity (Wildman–Crippen MR) is 66.6 cm³/mol. The Morgan fingerprint density at radius 1 is 1.00 bits per heavy atom. The molecule has 1 spiro atoms. The average molecular weight is 264 g/mol. The van der Waals surface area contributed by atoms with Crippen LogP contribution in [-0.4, -0.2) is 43.9 Å². The lowest BCUT2D eigenvalue weighted by molar-refractivity contribution is -0.218. The van der Waals surface area contributed by atoms with E-state index in [1.165, 1.54) is 18.4 Å². The number of hydrogen-bond acceptors (Lipinski definition) is 4. The maximum atomic E-state index is 6.04. The summed E-state index contributed by atoms with van der Waals surface area (Å²) in [4.78, 5) is 0. The van der Waals surface area contributed by atoms with Crippen LogP contribution in [0, 0.1) is 5.41 Å². The van der Waals surface area contributed by atoms with Gasteiger partial charge in [0.1, 0.15) is 0 Å². The van der Waals surface area contributed by atoms with E-state index >= 15 is 0 Å². The van der Waals surface area contributed by atoms with Gasteiger partial charge in [-0.1, -0.05) is 6.08 Å². The lowest BCUT2D eigenvalue weighted by atomic mass is 9.75. The fourth-order valence-electron chi connectivity index (χ4n) is 4.00. The maximum absolute atomic E-state index is 6.04. The highest BCUT2D eigenvalue weighted by Gasteiger charge is 2.52.